The average molecular weight is 559 g/mol. The Kier molecular flexibility index (Phi) is 11.5. The zero-order valence-electron chi connectivity index (χ0n) is 24.7. The van der Waals surface area contributed by atoms with E-state index in [0.717, 1.165) is 57.5 Å². The number of carbonyl (C=O) groups excluding carboxylic acids is 2. The minimum atomic E-state index is -0.882. The Morgan fingerprint density at radius 2 is 1.70 bits per heavy atom. The molecule has 0 aromatic rings. The van der Waals surface area contributed by atoms with Crippen LogP contribution in [0.2, 0.25) is 0 Å². The third-order valence-electron chi connectivity index (χ3n) is 9.39. The Hall–Kier alpha value is -2.38. The van der Waals surface area contributed by atoms with Crippen LogP contribution in [0, 0.1) is 29.1 Å². The van der Waals surface area contributed by atoms with Gasteiger partial charge >= 0.3 is 6.09 Å². The van der Waals surface area contributed by atoms with Crippen molar-refractivity contribution in [1.82, 2.24) is 20.4 Å². The summed E-state index contributed by atoms with van der Waals surface area (Å²) in [4.78, 5) is 35.9. The fourth-order valence-electron chi connectivity index (χ4n) is 6.47. The second-order valence-electron chi connectivity index (χ2n) is 12.6. The number of rotatable bonds is 7. The van der Waals surface area contributed by atoms with Crippen molar-refractivity contribution in [3.8, 4) is 6.07 Å². The van der Waals surface area contributed by atoms with Crippen molar-refractivity contribution < 1.29 is 19.1 Å². The number of ether oxygens (including phenoxy) is 2. The summed E-state index contributed by atoms with van der Waals surface area (Å²) in [6.07, 6.45) is 11.5. The molecule has 4 aliphatic rings. The lowest BCUT2D eigenvalue weighted by Crippen LogP contribution is -2.56. The van der Waals surface area contributed by atoms with E-state index in [2.05, 4.69) is 28.5 Å². The predicted octanol–water partition coefficient (Wildman–Crippen LogP) is 3.67. The Balaban J connectivity index is 1.49. The number of likely N-dealkylation sites (tertiary alicyclic amines) is 1. The van der Waals surface area contributed by atoms with Crippen LogP contribution >= 0.6 is 0 Å². The summed E-state index contributed by atoms with van der Waals surface area (Å²) in [6, 6.07) is 1.71. The summed E-state index contributed by atoms with van der Waals surface area (Å²) in [5.41, 5.74) is -0.882. The van der Waals surface area contributed by atoms with Crippen LogP contribution in [0.4, 0.5) is 4.79 Å². The lowest BCUT2D eigenvalue weighted by molar-refractivity contribution is -0.124. The molecular formula is C30H50N6O4. The van der Waals surface area contributed by atoms with Crippen molar-refractivity contribution in [2.75, 3.05) is 53.0 Å². The smallest absolute Gasteiger partial charge is 0.413 e. The van der Waals surface area contributed by atoms with E-state index in [4.69, 9.17) is 14.5 Å². The molecule has 4 fully saturated rings. The Morgan fingerprint density at radius 3 is 2.35 bits per heavy atom. The van der Waals surface area contributed by atoms with Crippen molar-refractivity contribution in [3.05, 3.63) is 0 Å². The molecule has 4 rings (SSSR count). The number of carbonyl (C=O) groups is 2. The number of morpholine rings is 1. The minimum absolute atomic E-state index is 0.228. The van der Waals surface area contributed by atoms with Crippen LogP contribution in [-0.2, 0) is 14.3 Å². The molecule has 0 radical (unpaired) electrons. The van der Waals surface area contributed by atoms with Crippen molar-refractivity contribution in [2.45, 2.75) is 95.6 Å². The molecule has 2 aliphatic heterocycles. The van der Waals surface area contributed by atoms with E-state index < -0.39 is 17.7 Å². The first kappa shape index (κ1) is 30.6. The monoisotopic (exact) mass is 558 g/mol. The highest BCUT2D eigenvalue weighted by Crippen LogP contribution is 2.30. The number of nitriles is 1. The van der Waals surface area contributed by atoms with E-state index in [-0.39, 0.29) is 5.91 Å². The Morgan fingerprint density at radius 1 is 1.02 bits per heavy atom. The van der Waals surface area contributed by atoms with E-state index >= 15 is 0 Å². The Bertz CT molecular complexity index is 892. The van der Waals surface area contributed by atoms with Crippen molar-refractivity contribution in [3.63, 3.8) is 0 Å². The number of aliphatic imine (C=N–C) groups is 1. The van der Waals surface area contributed by atoms with Crippen LogP contribution in [-0.4, -0.2) is 92.4 Å². The molecule has 1 atom stereocenters. The zero-order valence-corrected chi connectivity index (χ0v) is 24.7. The maximum absolute atomic E-state index is 13.8. The number of hydrogen-bond acceptors (Lipinski definition) is 7. The number of piperidine rings is 1. The SMILES string of the molecule is CC1CCC(COC(=O)NC(=NC(CC2CCCCC2)C(=O)NC2(C#N)CCN(C)CC2)N2CCOCC2)CC1. The summed E-state index contributed by atoms with van der Waals surface area (Å²) >= 11 is 0. The van der Waals surface area contributed by atoms with E-state index in [1.54, 1.807) is 0 Å². The van der Waals surface area contributed by atoms with Gasteiger partial charge in [-0.1, -0.05) is 51.9 Å². The van der Waals surface area contributed by atoms with Gasteiger partial charge in [-0.05, 0) is 56.9 Å². The predicted molar refractivity (Wildman–Crippen MR) is 154 cm³/mol. The molecule has 2 N–H and O–H groups in total. The van der Waals surface area contributed by atoms with Gasteiger partial charge in [0.05, 0.1) is 25.9 Å². The molecule has 0 bridgehead atoms. The topological polar surface area (TPSA) is 119 Å². The molecule has 40 heavy (non-hydrogen) atoms. The largest absolute Gasteiger partial charge is 0.449 e. The molecule has 1 unspecified atom stereocenters. The summed E-state index contributed by atoms with van der Waals surface area (Å²) in [5, 5.41) is 16.1. The second-order valence-corrected chi connectivity index (χ2v) is 12.6. The van der Waals surface area contributed by atoms with Crippen LogP contribution < -0.4 is 10.6 Å². The maximum Gasteiger partial charge on any atom is 0.413 e. The van der Waals surface area contributed by atoms with Gasteiger partial charge < -0.3 is 24.6 Å². The van der Waals surface area contributed by atoms with Crippen LogP contribution in [0.1, 0.15) is 84.0 Å². The van der Waals surface area contributed by atoms with Crippen LogP contribution in [0.3, 0.4) is 0 Å². The van der Waals surface area contributed by atoms with Crippen molar-refractivity contribution in [1.29, 1.82) is 5.26 Å². The average Bonchev–Trinajstić information content (AvgIpc) is 2.98. The number of alkyl carbamates (subject to hydrolysis) is 1. The second kappa shape index (κ2) is 15.0. The highest BCUT2D eigenvalue weighted by atomic mass is 16.5. The lowest BCUT2D eigenvalue weighted by atomic mass is 9.83. The standard InChI is InChI=1S/C30H50N6O4/c1-23-8-10-25(11-9-23)21-40-29(38)33-28(36-16-18-39-19-17-36)32-26(20-24-6-4-3-5-7-24)27(37)34-30(22-31)12-14-35(2)15-13-30/h23-26H,3-21H2,1-2H3,(H,34,37)(H,32,33,38). The highest BCUT2D eigenvalue weighted by molar-refractivity contribution is 5.96. The first-order chi connectivity index (χ1) is 19.4. The molecular weight excluding hydrogens is 508 g/mol. The van der Waals surface area contributed by atoms with E-state index in [1.807, 2.05) is 11.9 Å². The van der Waals surface area contributed by atoms with Gasteiger partial charge in [0.15, 0.2) is 0 Å². The fraction of sp³-hybridized carbons (Fsp3) is 0.867. The zero-order chi connectivity index (χ0) is 28.4. The molecule has 0 aromatic heterocycles. The van der Waals surface area contributed by atoms with Crippen LogP contribution in [0.25, 0.3) is 0 Å². The highest BCUT2D eigenvalue weighted by Gasteiger charge is 2.38. The van der Waals surface area contributed by atoms with Gasteiger partial charge in [-0.2, -0.15) is 5.26 Å². The molecule has 2 heterocycles. The lowest BCUT2D eigenvalue weighted by Gasteiger charge is -2.37. The number of nitrogens with zero attached hydrogens (tertiary/aromatic N) is 4. The molecule has 2 saturated heterocycles. The molecule has 10 heteroatoms. The summed E-state index contributed by atoms with van der Waals surface area (Å²) < 4.78 is 11.2. The van der Waals surface area contributed by atoms with Crippen LogP contribution in [0.15, 0.2) is 4.99 Å². The third kappa shape index (κ3) is 9.07. The molecule has 0 spiro atoms. The molecule has 0 aromatic carbocycles. The van der Waals surface area contributed by atoms with Gasteiger partial charge in [-0.15, -0.1) is 0 Å². The minimum Gasteiger partial charge on any atom is -0.449 e. The van der Waals surface area contributed by atoms with Crippen molar-refractivity contribution >= 4 is 18.0 Å². The quantitative estimate of drug-likeness (QED) is 0.361. The summed E-state index contributed by atoms with van der Waals surface area (Å²) in [5.74, 6) is 1.68. The van der Waals surface area contributed by atoms with Gasteiger partial charge in [0.25, 0.3) is 0 Å². The molecule has 2 amide bonds. The van der Waals surface area contributed by atoms with Crippen molar-refractivity contribution in [2.24, 2.45) is 22.7 Å². The fourth-order valence-corrected chi connectivity index (χ4v) is 6.47. The van der Waals surface area contributed by atoms with Gasteiger partial charge in [0.2, 0.25) is 11.9 Å². The van der Waals surface area contributed by atoms with Gasteiger partial charge in [0, 0.05) is 26.2 Å². The van der Waals surface area contributed by atoms with E-state index in [1.165, 1.54) is 19.3 Å². The van der Waals surface area contributed by atoms with E-state index in [9.17, 15) is 14.9 Å². The summed E-state index contributed by atoms with van der Waals surface area (Å²) in [6.45, 7) is 6.41. The molecule has 224 valence electrons. The number of guanidine groups is 1. The molecule has 2 saturated carbocycles. The molecule has 2 aliphatic carbocycles. The van der Waals surface area contributed by atoms with Crippen LogP contribution in [0.5, 0.6) is 0 Å². The third-order valence-corrected chi connectivity index (χ3v) is 9.39. The number of amides is 2. The number of nitrogens with one attached hydrogen (secondary N) is 2. The number of hydrogen-bond donors (Lipinski definition) is 2. The van der Waals surface area contributed by atoms with E-state index in [0.29, 0.717) is 70.0 Å². The maximum atomic E-state index is 13.8. The Labute approximate surface area is 240 Å². The molecule has 10 nitrogen and oxygen atoms in total. The summed E-state index contributed by atoms with van der Waals surface area (Å²) in [7, 11) is 2.04. The first-order valence-electron chi connectivity index (χ1n) is 15.6. The van der Waals surface area contributed by atoms with Gasteiger partial charge in [0.1, 0.15) is 11.6 Å². The first-order valence-corrected chi connectivity index (χ1v) is 15.6. The van der Waals surface area contributed by atoms with Gasteiger partial charge in [-0.3, -0.25) is 10.1 Å². The van der Waals surface area contributed by atoms with Gasteiger partial charge in [-0.25, -0.2) is 9.79 Å². The normalized spacial score (nSPS) is 27.3.